The predicted octanol–water partition coefficient (Wildman–Crippen LogP) is 4.42. The van der Waals surface area contributed by atoms with E-state index in [4.69, 9.17) is 5.73 Å². The Balaban J connectivity index is 1.37. The minimum atomic E-state index is -4.56. The fourth-order valence-electron chi connectivity index (χ4n) is 3.87. The van der Waals surface area contributed by atoms with Crippen molar-refractivity contribution in [3.05, 3.63) is 105 Å². The Kier molecular flexibility index (Phi) is 6.32. The maximum absolute atomic E-state index is 13.0. The average molecular weight is 533 g/mol. The number of aromatic amines is 1. The van der Waals surface area contributed by atoms with Gasteiger partial charge in [0.05, 0.1) is 11.3 Å². The molecule has 5 rings (SSSR count). The topological polar surface area (TPSA) is 155 Å². The Morgan fingerprint density at radius 1 is 0.821 bits per heavy atom. The number of nitrogens with one attached hydrogen (secondary N) is 4. The van der Waals surface area contributed by atoms with E-state index in [1.807, 2.05) is 0 Å². The largest absolute Gasteiger partial charge is 0.416 e. The molecule has 0 aliphatic carbocycles. The standard InChI is InChI=1S/C26H18F3N7O3/c27-26(28,29)14-2-1-3-17(12-14)33-21-20(22(37)23(21)38)32-15-6-4-13(5-7-15)19-18(24(30)39)25(36-35-19)34-16-8-10-31-11-9-16/h1-12,32-33H,(H2,30,39)(H2,31,34,35,36). The van der Waals surface area contributed by atoms with Crippen molar-refractivity contribution >= 4 is 40.2 Å². The number of nitrogens with two attached hydrogens (primary N) is 1. The van der Waals surface area contributed by atoms with E-state index in [1.54, 1.807) is 48.8 Å². The van der Waals surface area contributed by atoms with Gasteiger partial charge in [-0.15, -0.1) is 0 Å². The number of anilines is 6. The molecular formula is C26H18F3N7O3. The van der Waals surface area contributed by atoms with Crippen molar-refractivity contribution in [3.63, 3.8) is 0 Å². The molecule has 0 spiro atoms. The summed E-state index contributed by atoms with van der Waals surface area (Å²) in [6.07, 6.45) is -1.42. The molecule has 39 heavy (non-hydrogen) atoms. The molecule has 0 aliphatic heterocycles. The van der Waals surface area contributed by atoms with Gasteiger partial charge in [-0.05, 0) is 42.5 Å². The smallest absolute Gasteiger partial charge is 0.365 e. The summed E-state index contributed by atoms with van der Waals surface area (Å²) in [6.45, 7) is 0. The Morgan fingerprint density at radius 3 is 2.05 bits per heavy atom. The quantitative estimate of drug-likeness (QED) is 0.184. The lowest BCUT2D eigenvalue weighted by Crippen LogP contribution is -2.35. The summed E-state index contributed by atoms with van der Waals surface area (Å²) in [5, 5.41) is 15.4. The molecule has 2 heterocycles. The Bertz CT molecular complexity index is 1740. The van der Waals surface area contributed by atoms with Crippen LogP contribution >= 0.6 is 0 Å². The molecule has 2 aromatic heterocycles. The van der Waals surface area contributed by atoms with Gasteiger partial charge in [-0.25, -0.2) is 0 Å². The van der Waals surface area contributed by atoms with Crippen LogP contribution < -0.4 is 32.5 Å². The highest BCUT2D eigenvalue weighted by Crippen LogP contribution is 2.33. The normalized spacial score (nSPS) is 11.4. The summed E-state index contributed by atoms with van der Waals surface area (Å²) >= 11 is 0. The lowest BCUT2D eigenvalue weighted by Gasteiger charge is -2.16. The van der Waals surface area contributed by atoms with Crippen LogP contribution in [0.3, 0.4) is 0 Å². The van der Waals surface area contributed by atoms with E-state index in [0.29, 0.717) is 22.6 Å². The van der Waals surface area contributed by atoms with E-state index in [1.165, 1.54) is 12.1 Å². The zero-order valence-electron chi connectivity index (χ0n) is 19.8. The number of halogens is 3. The lowest BCUT2D eigenvalue weighted by atomic mass is 10.1. The number of rotatable bonds is 8. The number of hydrogen-bond donors (Lipinski definition) is 5. The van der Waals surface area contributed by atoms with Crippen LogP contribution in [0.5, 0.6) is 0 Å². The summed E-state index contributed by atoms with van der Waals surface area (Å²) in [5.74, 6) is -0.494. The molecule has 0 radical (unpaired) electrons. The highest BCUT2D eigenvalue weighted by atomic mass is 19.4. The van der Waals surface area contributed by atoms with Gasteiger partial charge < -0.3 is 21.7 Å². The number of hydrogen-bond acceptors (Lipinski definition) is 8. The first kappa shape index (κ1) is 25.2. The molecule has 0 unspecified atom stereocenters. The van der Waals surface area contributed by atoms with Gasteiger partial charge in [-0.2, -0.15) is 18.3 Å². The third-order valence-corrected chi connectivity index (χ3v) is 5.77. The van der Waals surface area contributed by atoms with Gasteiger partial charge in [0, 0.05) is 35.0 Å². The molecule has 10 nitrogen and oxygen atoms in total. The molecule has 6 N–H and O–H groups in total. The van der Waals surface area contributed by atoms with Crippen molar-refractivity contribution in [3.8, 4) is 11.3 Å². The number of benzene rings is 2. The highest BCUT2D eigenvalue weighted by Gasteiger charge is 2.31. The highest BCUT2D eigenvalue weighted by molar-refractivity contribution is 6.04. The van der Waals surface area contributed by atoms with Crippen LogP contribution in [0.25, 0.3) is 11.3 Å². The Labute approximate surface area is 217 Å². The third kappa shape index (κ3) is 5.05. The second-order valence-electron chi connectivity index (χ2n) is 8.36. The third-order valence-electron chi connectivity index (χ3n) is 5.77. The van der Waals surface area contributed by atoms with Gasteiger partial charge in [0.15, 0.2) is 5.82 Å². The number of primary amides is 1. The number of carbonyl (C=O) groups is 1. The zero-order valence-corrected chi connectivity index (χ0v) is 19.8. The zero-order chi connectivity index (χ0) is 27.7. The van der Waals surface area contributed by atoms with Gasteiger partial charge in [-0.1, -0.05) is 18.2 Å². The molecule has 0 bridgehead atoms. The molecule has 0 aliphatic rings. The molecule has 0 atom stereocenters. The Hall–Kier alpha value is -5.46. The van der Waals surface area contributed by atoms with Crippen LogP contribution in [0, 0.1) is 0 Å². The van der Waals surface area contributed by atoms with Crippen molar-refractivity contribution in [2.24, 2.45) is 5.73 Å². The molecule has 5 aromatic rings. The summed E-state index contributed by atoms with van der Waals surface area (Å²) in [5.41, 5.74) is 4.88. The van der Waals surface area contributed by atoms with Crippen molar-refractivity contribution in [2.45, 2.75) is 6.18 Å². The van der Waals surface area contributed by atoms with E-state index in [0.717, 1.165) is 12.1 Å². The minimum absolute atomic E-state index is 0.00438. The number of pyridine rings is 1. The van der Waals surface area contributed by atoms with Crippen LogP contribution in [0.15, 0.2) is 82.6 Å². The maximum atomic E-state index is 13.0. The summed E-state index contributed by atoms with van der Waals surface area (Å²) < 4.78 is 39.1. The van der Waals surface area contributed by atoms with Gasteiger partial charge in [0.1, 0.15) is 16.9 Å². The van der Waals surface area contributed by atoms with E-state index < -0.39 is 28.5 Å². The van der Waals surface area contributed by atoms with Gasteiger partial charge in [-0.3, -0.25) is 24.5 Å². The van der Waals surface area contributed by atoms with Crippen LogP contribution in [-0.4, -0.2) is 21.1 Å². The average Bonchev–Trinajstić information content (AvgIpc) is 3.35. The molecule has 0 saturated carbocycles. The van der Waals surface area contributed by atoms with Crippen LogP contribution in [0.4, 0.5) is 47.4 Å². The summed E-state index contributed by atoms with van der Waals surface area (Å²) in [4.78, 5) is 40.5. The monoisotopic (exact) mass is 533 g/mol. The Morgan fingerprint density at radius 2 is 1.44 bits per heavy atom. The van der Waals surface area contributed by atoms with Crippen LogP contribution in [0.1, 0.15) is 15.9 Å². The lowest BCUT2D eigenvalue weighted by molar-refractivity contribution is -0.137. The van der Waals surface area contributed by atoms with E-state index in [-0.39, 0.29) is 28.4 Å². The second-order valence-corrected chi connectivity index (χ2v) is 8.36. The molecule has 3 aromatic carbocycles. The fourth-order valence-corrected chi connectivity index (χ4v) is 3.87. The van der Waals surface area contributed by atoms with Crippen LogP contribution in [-0.2, 0) is 6.18 Å². The molecule has 1 amide bonds. The number of alkyl halides is 3. The number of aromatic nitrogens is 3. The number of nitrogens with zero attached hydrogens (tertiary/aromatic N) is 2. The van der Waals surface area contributed by atoms with Gasteiger partial charge in [0.25, 0.3) is 16.8 Å². The fraction of sp³-hybridized carbons (Fsp3) is 0.0385. The molecule has 0 fully saturated rings. The minimum Gasteiger partial charge on any atom is -0.365 e. The SMILES string of the molecule is NC(=O)c1c(Nc2ccncc2)n[nH]c1-c1ccc(Nc2c(Nc3cccc(C(F)(F)F)c3)c(=O)c2=O)cc1. The summed E-state index contributed by atoms with van der Waals surface area (Å²) in [6, 6.07) is 14.1. The van der Waals surface area contributed by atoms with E-state index in [9.17, 15) is 27.6 Å². The van der Waals surface area contributed by atoms with Crippen molar-refractivity contribution in [2.75, 3.05) is 16.0 Å². The molecule has 13 heteroatoms. The first-order chi connectivity index (χ1) is 18.6. The molecule has 196 valence electrons. The van der Waals surface area contributed by atoms with E-state index >= 15 is 0 Å². The first-order valence-corrected chi connectivity index (χ1v) is 11.3. The number of H-pyrrole nitrogens is 1. The predicted molar refractivity (Wildman–Crippen MR) is 139 cm³/mol. The van der Waals surface area contributed by atoms with Crippen LogP contribution in [0.2, 0.25) is 0 Å². The number of carbonyl (C=O) groups excluding carboxylic acids is 1. The van der Waals surface area contributed by atoms with E-state index in [2.05, 4.69) is 31.1 Å². The number of amides is 1. The molecule has 0 saturated heterocycles. The maximum Gasteiger partial charge on any atom is 0.416 e. The van der Waals surface area contributed by atoms with Crippen molar-refractivity contribution in [1.82, 2.24) is 15.2 Å². The molecular weight excluding hydrogens is 515 g/mol. The summed E-state index contributed by atoms with van der Waals surface area (Å²) in [7, 11) is 0. The second kappa shape index (κ2) is 9.78. The van der Waals surface area contributed by atoms with Crippen molar-refractivity contribution in [1.29, 1.82) is 0 Å². The van der Waals surface area contributed by atoms with Crippen molar-refractivity contribution < 1.29 is 18.0 Å². The van der Waals surface area contributed by atoms with Gasteiger partial charge >= 0.3 is 6.18 Å². The first-order valence-electron chi connectivity index (χ1n) is 11.3. The van der Waals surface area contributed by atoms with Gasteiger partial charge in [0.2, 0.25) is 0 Å².